The summed E-state index contributed by atoms with van der Waals surface area (Å²) in [7, 11) is 1.23. The third-order valence-electron chi connectivity index (χ3n) is 5.16. The van der Waals surface area contributed by atoms with Crippen LogP contribution in [0.5, 0.6) is 5.75 Å². The number of nitrogens with zero attached hydrogens (tertiary/aromatic N) is 1. The van der Waals surface area contributed by atoms with E-state index < -0.39 is 35.3 Å². The van der Waals surface area contributed by atoms with Crippen LogP contribution in [0.4, 0.5) is 10.1 Å². The first kappa shape index (κ1) is 16.6. The quantitative estimate of drug-likeness (QED) is 0.613. The number of halogens is 1. The summed E-state index contributed by atoms with van der Waals surface area (Å²) in [6, 6.07) is 13.4. The normalized spacial score (nSPS) is 26.7. The molecule has 0 bridgehead atoms. The number of rotatable bonds is 2. The number of carbonyl (C=O) groups excluding carboxylic acids is 2. The lowest BCUT2D eigenvalue weighted by atomic mass is 9.75. The lowest BCUT2D eigenvalue weighted by Crippen LogP contribution is -2.60. The Morgan fingerprint density at radius 2 is 1.92 bits per heavy atom. The van der Waals surface area contributed by atoms with Crippen LogP contribution in [0.15, 0.2) is 48.5 Å². The largest absolute Gasteiger partial charge is 0.468 e. The van der Waals surface area contributed by atoms with Gasteiger partial charge in [-0.15, -0.1) is 0 Å². The molecule has 1 fully saturated rings. The van der Waals surface area contributed by atoms with Gasteiger partial charge in [0.05, 0.1) is 12.8 Å². The van der Waals surface area contributed by atoms with E-state index in [1.54, 1.807) is 43.3 Å². The zero-order valence-corrected chi connectivity index (χ0v) is 14.4. The molecule has 0 aromatic heterocycles. The molecule has 0 N–H and O–H groups in total. The van der Waals surface area contributed by atoms with Gasteiger partial charge >= 0.3 is 5.97 Å². The molecule has 0 unspecified atom stereocenters. The van der Waals surface area contributed by atoms with E-state index >= 15 is 0 Å². The van der Waals surface area contributed by atoms with Crippen molar-refractivity contribution in [1.82, 2.24) is 0 Å². The minimum atomic E-state index is -1.13. The second-order valence-electron chi connectivity index (χ2n) is 6.75. The second-order valence-corrected chi connectivity index (χ2v) is 6.75. The first-order chi connectivity index (χ1) is 12.5. The summed E-state index contributed by atoms with van der Waals surface area (Å²) < 4.78 is 25.4. The monoisotopic (exact) mass is 355 g/mol. The Morgan fingerprint density at radius 1 is 1.23 bits per heavy atom. The number of methoxy groups -OCH3 is 1. The molecule has 3 atom stereocenters. The molecule has 2 aromatic carbocycles. The fourth-order valence-corrected chi connectivity index (χ4v) is 4.04. The molecule has 2 aliphatic rings. The number of esters is 1. The first-order valence-electron chi connectivity index (χ1n) is 8.40. The molecule has 2 aliphatic heterocycles. The van der Waals surface area contributed by atoms with Crippen molar-refractivity contribution in [3.63, 3.8) is 0 Å². The molecule has 1 amide bonds. The highest BCUT2D eigenvalue weighted by Gasteiger charge is 2.57. The Labute approximate surface area is 150 Å². The van der Waals surface area contributed by atoms with Gasteiger partial charge in [-0.3, -0.25) is 14.5 Å². The molecule has 4 rings (SSSR count). The molecule has 5 nitrogen and oxygen atoms in total. The van der Waals surface area contributed by atoms with E-state index in [1.165, 1.54) is 18.1 Å². The van der Waals surface area contributed by atoms with Crippen molar-refractivity contribution in [3.8, 4) is 5.75 Å². The molecule has 2 heterocycles. The van der Waals surface area contributed by atoms with Crippen LogP contribution >= 0.6 is 0 Å². The van der Waals surface area contributed by atoms with Crippen molar-refractivity contribution >= 4 is 17.6 Å². The number of hydrogen-bond donors (Lipinski definition) is 0. The van der Waals surface area contributed by atoms with Crippen LogP contribution in [0.1, 0.15) is 24.8 Å². The molecule has 26 heavy (non-hydrogen) atoms. The van der Waals surface area contributed by atoms with Gasteiger partial charge in [0.15, 0.2) is 5.72 Å². The first-order valence-corrected chi connectivity index (χ1v) is 8.40. The summed E-state index contributed by atoms with van der Waals surface area (Å²) >= 11 is 0. The van der Waals surface area contributed by atoms with E-state index in [2.05, 4.69) is 0 Å². The van der Waals surface area contributed by atoms with Gasteiger partial charge in [-0.2, -0.15) is 0 Å². The van der Waals surface area contributed by atoms with Crippen molar-refractivity contribution in [2.75, 3.05) is 12.0 Å². The maximum absolute atomic E-state index is 14.5. The number of ether oxygens (including phenoxy) is 2. The van der Waals surface area contributed by atoms with E-state index in [9.17, 15) is 14.0 Å². The van der Waals surface area contributed by atoms with E-state index in [4.69, 9.17) is 9.47 Å². The summed E-state index contributed by atoms with van der Waals surface area (Å²) in [6.07, 6.45) is 0.272. The van der Waals surface area contributed by atoms with Crippen LogP contribution in [0.25, 0.3) is 0 Å². The van der Waals surface area contributed by atoms with Crippen molar-refractivity contribution in [3.05, 3.63) is 59.9 Å². The summed E-state index contributed by atoms with van der Waals surface area (Å²) in [6.45, 7) is 1.78. The molecule has 1 saturated heterocycles. The SMILES string of the molecule is COC(=O)[C@H]1C(=O)N2c3ccccc3O[C@]2(C)C[C@@H]1c1ccccc1F. The predicted molar refractivity (Wildman–Crippen MR) is 92.2 cm³/mol. The van der Waals surface area contributed by atoms with Crippen molar-refractivity contribution in [2.24, 2.45) is 5.92 Å². The van der Waals surface area contributed by atoms with Gasteiger partial charge in [0.1, 0.15) is 17.5 Å². The van der Waals surface area contributed by atoms with Crippen molar-refractivity contribution in [1.29, 1.82) is 0 Å². The highest BCUT2D eigenvalue weighted by Crippen LogP contribution is 2.52. The topological polar surface area (TPSA) is 55.8 Å². The molecule has 134 valence electrons. The standard InChI is InChI=1S/C20H18FNO4/c1-20-11-13(12-7-3-4-8-14(12)21)17(19(24)25-2)18(23)22(20)15-9-5-6-10-16(15)26-20/h3-10,13,17H,11H2,1-2H3/t13-,17-,20-/m1/s1. The van der Waals surface area contributed by atoms with E-state index in [1.807, 2.05) is 6.07 Å². The smallest absolute Gasteiger partial charge is 0.318 e. The highest BCUT2D eigenvalue weighted by molar-refractivity contribution is 6.09. The zero-order valence-electron chi connectivity index (χ0n) is 14.4. The Morgan fingerprint density at radius 3 is 2.65 bits per heavy atom. The lowest BCUT2D eigenvalue weighted by molar-refractivity contribution is -0.153. The Bertz CT molecular complexity index is 899. The second kappa shape index (κ2) is 5.83. The number of piperidine rings is 1. The Balaban J connectivity index is 1.85. The van der Waals surface area contributed by atoms with Gasteiger partial charge in [-0.25, -0.2) is 4.39 Å². The molecule has 0 saturated carbocycles. The minimum absolute atomic E-state index is 0.272. The van der Waals surface area contributed by atoms with Crippen LogP contribution in [0.3, 0.4) is 0 Å². The number of benzene rings is 2. The van der Waals surface area contributed by atoms with Gasteiger partial charge in [-0.05, 0) is 30.7 Å². The maximum Gasteiger partial charge on any atom is 0.318 e. The van der Waals surface area contributed by atoms with Crippen LogP contribution in [0.2, 0.25) is 0 Å². The summed E-state index contributed by atoms with van der Waals surface area (Å²) in [4.78, 5) is 27.2. The molecule has 6 heteroatoms. The molecule has 0 radical (unpaired) electrons. The third kappa shape index (κ3) is 2.29. The maximum atomic E-state index is 14.5. The Hall–Kier alpha value is -2.89. The third-order valence-corrected chi connectivity index (χ3v) is 5.16. The average Bonchev–Trinajstić information content (AvgIpc) is 2.93. The number of fused-ring (bicyclic) bond motifs is 3. The molecule has 0 aliphatic carbocycles. The number of para-hydroxylation sites is 2. The number of hydrogen-bond acceptors (Lipinski definition) is 4. The van der Waals surface area contributed by atoms with Gasteiger partial charge in [-0.1, -0.05) is 30.3 Å². The minimum Gasteiger partial charge on any atom is -0.468 e. The molecule has 2 aromatic rings. The van der Waals surface area contributed by atoms with Gasteiger partial charge in [0.2, 0.25) is 5.91 Å². The molecular weight excluding hydrogens is 337 g/mol. The number of amides is 1. The fraction of sp³-hybridized carbons (Fsp3) is 0.300. The van der Waals surface area contributed by atoms with Gasteiger partial charge in [0, 0.05) is 12.3 Å². The van der Waals surface area contributed by atoms with Crippen LogP contribution in [0, 0.1) is 11.7 Å². The lowest BCUT2D eigenvalue weighted by Gasteiger charge is -2.44. The van der Waals surface area contributed by atoms with Crippen LogP contribution in [-0.4, -0.2) is 24.7 Å². The van der Waals surface area contributed by atoms with E-state index in [-0.39, 0.29) is 6.42 Å². The summed E-state index contributed by atoms with van der Waals surface area (Å²) in [5, 5.41) is 0. The summed E-state index contributed by atoms with van der Waals surface area (Å²) in [5.41, 5.74) is -0.0596. The average molecular weight is 355 g/mol. The Kier molecular flexibility index (Phi) is 3.72. The fourth-order valence-electron chi connectivity index (χ4n) is 4.04. The van der Waals surface area contributed by atoms with Crippen molar-refractivity contribution in [2.45, 2.75) is 25.0 Å². The van der Waals surface area contributed by atoms with Crippen LogP contribution in [-0.2, 0) is 14.3 Å². The number of carbonyl (C=O) groups is 2. The van der Waals surface area contributed by atoms with Gasteiger partial charge in [0.25, 0.3) is 0 Å². The predicted octanol–water partition coefficient (Wildman–Crippen LogP) is 3.24. The van der Waals surface area contributed by atoms with Crippen LogP contribution < -0.4 is 9.64 Å². The van der Waals surface area contributed by atoms with Crippen molar-refractivity contribution < 1.29 is 23.5 Å². The number of anilines is 1. The summed E-state index contributed by atoms with van der Waals surface area (Å²) in [5.74, 6) is -2.79. The molecule has 0 spiro atoms. The highest BCUT2D eigenvalue weighted by atomic mass is 19.1. The van der Waals surface area contributed by atoms with E-state index in [0.717, 1.165) is 0 Å². The zero-order chi connectivity index (χ0) is 18.5. The van der Waals surface area contributed by atoms with E-state index in [0.29, 0.717) is 17.0 Å². The van der Waals surface area contributed by atoms with Gasteiger partial charge < -0.3 is 9.47 Å². The molecular formula is C20H18FNO4.